The van der Waals surface area contributed by atoms with Gasteiger partial charge >= 0.3 is 0 Å². The molecule has 3 rings (SSSR count). The Hall–Kier alpha value is -1.97. The Morgan fingerprint density at radius 1 is 1.45 bits per heavy atom. The van der Waals surface area contributed by atoms with Crippen LogP contribution in [0.15, 0.2) is 29.4 Å². The number of benzene rings is 1. The third-order valence-corrected chi connectivity index (χ3v) is 4.11. The van der Waals surface area contributed by atoms with Gasteiger partial charge in [0.05, 0.1) is 0 Å². The molecule has 4 heteroatoms. The molecular formula is C16H22N4. The summed E-state index contributed by atoms with van der Waals surface area (Å²) in [5.74, 6) is 0.670. The summed E-state index contributed by atoms with van der Waals surface area (Å²) >= 11 is 0. The van der Waals surface area contributed by atoms with Gasteiger partial charge in [-0.05, 0) is 43.4 Å². The van der Waals surface area contributed by atoms with Crippen LogP contribution in [0.25, 0.3) is 10.9 Å². The number of aromatic amines is 1. The number of nitrogens with two attached hydrogens (primary N) is 1. The lowest BCUT2D eigenvalue weighted by Crippen LogP contribution is -2.35. The molecule has 0 aliphatic heterocycles. The smallest absolute Gasteiger partial charge is 0.191 e. The van der Waals surface area contributed by atoms with Crippen LogP contribution in [0.3, 0.4) is 0 Å². The monoisotopic (exact) mass is 270 g/mol. The topological polar surface area (TPSA) is 57.4 Å². The van der Waals surface area contributed by atoms with Gasteiger partial charge in [-0.2, -0.15) is 0 Å². The quantitative estimate of drug-likeness (QED) is 0.662. The van der Waals surface area contributed by atoms with Gasteiger partial charge in [0.15, 0.2) is 5.96 Å². The van der Waals surface area contributed by atoms with Crippen LogP contribution in [0.1, 0.15) is 24.0 Å². The van der Waals surface area contributed by atoms with E-state index < -0.39 is 0 Å². The highest BCUT2D eigenvalue weighted by Crippen LogP contribution is 2.25. The third kappa shape index (κ3) is 2.50. The number of fused-ring (bicyclic) bond motifs is 1. The molecule has 0 spiro atoms. The molecule has 1 fully saturated rings. The number of aliphatic imine (C=N–C) groups is 1. The zero-order chi connectivity index (χ0) is 14.1. The summed E-state index contributed by atoms with van der Waals surface area (Å²) in [6, 6.07) is 6.97. The summed E-state index contributed by atoms with van der Waals surface area (Å²) in [6.45, 7) is 2.89. The number of nitrogens with one attached hydrogen (secondary N) is 1. The van der Waals surface area contributed by atoms with E-state index in [-0.39, 0.29) is 0 Å². The van der Waals surface area contributed by atoms with Crippen molar-refractivity contribution >= 4 is 16.9 Å². The summed E-state index contributed by atoms with van der Waals surface area (Å²) < 4.78 is 0. The fourth-order valence-electron chi connectivity index (χ4n) is 2.70. The van der Waals surface area contributed by atoms with Gasteiger partial charge in [0.2, 0.25) is 0 Å². The van der Waals surface area contributed by atoms with Gasteiger partial charge in [-0.15, -0.1) is 0 Å². The van der Waals surface area contributed by atoms with Crippen molar-refractivity contribution in [2.45, 2.75) is 32.2 Å². The predicted molar refractivity (Wildman–Crippen MR) is 84.0 cm³/mol. The largest absolute Gasteiger partial charge is 0.370 e. The number of nitrogens with zero attached hydrogens (tertiary/aromatic N) is 2. The van der Waals surface area contributed by atoms with Crippen LogP contribution in [0.4, 0.5) is 0 Å². The lowest BCUT2D eigenvalue weighted by molar-refractivity contribution is 0.487. The summed E-state index contributed by atoms with van der Waals surface area (Å²) in [6.07, 6.45) is 5.50. The van der Waals surface area contributed by atoms with Crippen molar-refractivity contribution in [3.63, 3.8) is 0 Å². The molecule has 20 heavy (non-hydrogen) atoms. The number of H-pyrrole nitrogens is 1. The Labute approximate surface area is 119 Å². The molecule has 1 saturated carbocycles. The predicted octanol–water partition coefficient (Wildman–Crippen LogP) is 2.43. The zero-order valence-corrected chi connectivity index (χ0v) is 12.2. The van der Waals surface area contributed by atoms with Gasteiger partial charge in [0, 0.05) is 36.7 Å². The van der Waals surface area contributed by atoms with Gasteiger partial charge in [0.25, 0.3) is 0 Å². The normalized spacial score (nSPS) is 15.8. The van der Waals surface area contributed by atoms with E-state index in [4.69, 9.17) is 5.73 Å². The molecule has 0 unspecified atom stereocenters. The fourth-order valence-corrected chi connectivity index (χ4v) is 2.70. The van der Waals surface area contributed by atoms with Gasteiger partial charge in [0.1, 0.15) is 0 Å². The summed E-state index contributed by atoms with van der Waals surface area (Å²) in [5.41, 5.74) is 9.84. The number of hydrogen-bond acceptors (Lipinski definition) is 1. The zero-order valence-electron chi connectivity index (χ0n) is 12.2. The molecule has 0 bridgehead atoms. The SMILES string of the molecule is Cc1cccc2[nH]cc(CCN=C(N)N(C)C3CC3)c12. The first-order chi connectivity index (χ1) is 9.66. The van der Waals surface area contributed by atoms with Crippen molar-refractivity contribution in [1.29, 1.82) is 0 Å². The molecule has 0 saturated heterocycles. The van der Waals surface area contributed by atoms with E-state index in [0.29, 0.717) is 12.0 Å². The number of aromatic nitrogens is 1. The van der Waals surface area contributed by atoms with Crippen LogP contribution in [-0.4, -0.2) is 35.5 Å². The Bertz CT molecular complexity index is 637. The average molecular weight is 270 g/mol. The molecule has 0 amide bonds. The van der Waals surface area contributed by atoms with Crippen molar-refractivity contribution in [3.8, 4) is 0 Å². The standard InChI is InChI=1S/C16H22N4/c1-11-4-3-5-14-15(11)12(10-19-14)8-9-18-16(17)20(2)13-6-7-13/h3-5,10,13,19H,6-9H2,1-2H3,(H2,17,18). The highest BCUT2D eigenvalue weighted by molar-refractivity contribution is 5.86. The maximum Gasteiger partial charge on any atom is 0.191 e. The maximum atomic E-state index is 6.01. The minimum absolute atomic E-state index is 0.620. The second kappa shape index (κ2) is 5.19. The van der Waals surface area contributed by atoms with Crippen LogP contribution >= 0.6 is 0 Å². The second-order valence-corrected chi connectivity index (χ2v) is 5.64. The van der Waals surface area contributed by atoms with Gasteiger partial charge in [-0.25, -0.2) is 0 Å². The summed E-state index contributed by atoms with van der Waals surface area (Å²) in [7, 11) is 2.03. The number of rotatable bonds is 4. The van der Waals surface area contributed by atoms with E-state index in [2.05, 4.69) is 46.2 Å². The molecule has 2 aromatic rings. The highest BCUT2D eigenvalue weighted by Gasteiger charge is 2.27. The minimum Gasteiger partial charge on any atom is -0.370 e. The molecule has 0 radical (unpaired) electrons. The first-order valence-corrected chi connectivity index (χ1v) is 7.25. The van der Waals surface area contributed by atoms with E-state index in [0.717, 1.165) is 13.0 Å². The Balaban J connectivity index is 1.69. The van der Waals surface area contributed by atoms with Crippen molar-refractivity contribution < 1.29 is 0 Å². The average Bonchev–Trinajstić information content (AvgIpc) is 3.20. The first-order valence-electron chi connectivity index (χ1n) is 7.25. The molecule has 1 heterocycles. The lowest BCUT2D eigenvalue weighted by Gasteiger charge is -2.16. The Morgan fingerprint density at radius 3 is 3.00 bits per heavy atom. The highest BCUT2D eigenvalue weighted by atomic mass is 15.3. The van der Waals surface area contributed by atoms with E-state index in [1.807, 2.05) is 7.05 Å². The van der Waals surface area contributed by atoms with Crippen LogP contribution < -0.4 is 5.73 Å². The van der Waals surface area contributed by atoms with Crippen molar-refractivity contribution in [1.82, 2.24) is 9.88 Å². The summed E-state index contributed by atoms with van der Waals surface area (Å²) in [5, 5.41) is 1.33. The molecule has 1 aliphatic rings. The number of guanidine groups is 1. The van der Waals surface area contributed by atoms with E-state index in [1.165, 1.54) is 34.9 Å². The van der Waals surface area contributed by atoms with Crippen LogP contribution in [-0.2, 0) is 6.42 Å². The van der Waals surface area contributed by atoms with Crippen LogP contribution in [0, 0.1) is 6.92 Å². The molecule has 1 aromatic heterocycles. The fraction of sp³-hybridized carbons (Fsp3) is 0.438. The molecule has 106 valence electrons. The van der Waals surface area contributed by atoms with Crippen molar-refractivity contribution in [2.75, 3.05) is 13.6 Å². The van der Waals surface area contributed by atoms with Crippen LogP contribution in [0.2, 0.25) is 0 Å². The molecule has 4 nitrogen and oxygen atoms in total. The summed E-state index contributed by atoms with van der Waals surface area (Å²) in [4.78, 5) is 9.93. The maximum absolute atomic E-state index is 6.01. The van der Waals surface area contributed by atoms with E-state index in [1.54, 1.807) is 0 Å². The van der Waals surface area contributed by atoms with E-state index >= 15 is 0 Å². The minimum atomic E-state index is 0.620. The molecule has 1 aliphatic carbocycles. The van der Waals surface area contributed by atoms with E-state index in [9.17, 15) is 0 Å². The molecular weight excluding hydrogens is 248 g/mol. The van der Waals surface area contributed by atoms with Gasteiger partial charge in [-0.1, -0.05) is 12.1 Å². The van der Waals surface area contributed by atoms with Crippen molar-refractivity contribution in [3.05, 3.63) is 35.5 Å². The van der Waals surface area contributed by atoms with Crippen LogP contribution in [0.5, 0.6) is 0 Å². The molecule has 0 atom stereocenters. The second-order valence-electron chi connectivity index (χ2n) is 5.64. The Morgan fingerprint density at radius 2 is 2.25 bits per heavy atom. The number of hydrogen-bond donors (Lipinski definition) is 2. The van der Waals surface area contributed by atoms with Gasteiger partial charge in [-0.3, -0.25) is 4.99 Å². The third-order valence-electron chi connectivity index (χ3n) is 4.11. The molecule has 1 aromatic carbocycles. The number of aryl methyl sites for hydroxylation is 1. The van der Waals surface area contributed by atoms with Gasteiger partial charge < -0.3 is 15.6 Å². The van der Waals surface area contributed by atoms with Crippen molar-refractivity contribution in [2.24, 2.45) is 10.7 Å². The lowest BCUT2D eigenvalue weighted by atomic mass is 10.1. The first kappa shape index (κ1) is 13.0. The Kier molecular flexibility index (Phi) is 3.38. The molecule has 3 N–H and O–H groups in total.